The first-order valence-electron chi connectivity index (χ1n) is 17.0. The summed E-state index contributed by atoms with van der Waals surface area (Å²) in [7, 11) is 0. The summed E-state index contributed by atoms with van der Waals surface area (Å²) < 4.78 is 0. The van der Waals surface area contributed by atoms with Crippen LogP contribution in [0.2, 0.25) is 0 Å². The molecule has 0 unspecified atom stereocenters. The first-order chi connectivity index (χ1) is 23.5. The Morgan fingerprint density at radius 1 is 0.375 bits per heavy atom. The summed E-state index contributed by atoms with van der Waals surface area (Å²) in [4.78, 5) is 4.91. The number of benzene rings is 7. The third-order valence-electron chi connectivity index (χ3n) is 10.1. The predicted octanol–water partition coefficient (Wildman–Crippen LogP) is 12.8. The normalized spacial score (nSPS) is 12.0. The third-order valence-corrected chi connectivity index (χ3v) is 10.1. The number of rotatable bonds is 6. The molecule has 48 heavy (non-hydrogen) atoms. The quantitative estimate of drug-likeness (QED) is 0.182. The van der Waals surface area contributed by atoms with Crippen molar-refractivity contribution in [3.8, 4) is 11.1 Å². The van der Waals surface area contributed by atoms with Crippen LogP contribution in [0.25, 0.3) is 21.9 Å². The molecular weight excluding hydrogens is 581 g/mol. The summed E-state index contributed by atoms with van der Waals surface area (Å²) in [5, 5.41) is 2.57. The summed E-state index contributed by atoms with van der Waals surface area (Å²) in [5.41, 5.74) is 17.8. The molecule has 0 amide bonds. The number of anilines is 6. The van der Waals surface area contributed by atoms with Gasteiger partial charge in [-0.3, -0.25) is 0 Å². The van der Waals surface area contributed by atoms with Crippen LogP contribution in [-0.2, 0) is 12.8 Å². The van der Waals surface area contributed by atoms with Crippen molar-refractivity contribution in [2.24, 2.45) is 0 Å². The molecule has 7 aromatic rings. The summed E-state index contributed by atoms with van der Waals surface area (Å²) in [6, 6.07) is 53.5. The van der Waals surface area contributed by atoms with E-state index in [1.807, 2.05) is 0 Å². The average Bonchev–Trinajstić information content (AvgIpc) is 3.11. The SMILES string of the molecule is Cc1ccccc1N(c1ccc2c(c1)CCc1cc(N(c3ccccc3C)c3ccccc3C)c3ccccc3c1-2)c1ccccc1C. The lowest BCUT2D eigenvalue weighted by Gasteiger charge is -2.33. The first kappa shape index (κ1) is 29.8. The molecule has 0 spiro atoms. The van der Waals surface area contributed by atoms with Crippen molar-refractivity contribution in [3.05, 3.63) is 179 Å². The van der Waals surface area contributed by atoms with Crippen molar-refractivity contribution in [2.75, 3.05) is 9.80 Å². The molecule has 0 aliphatic heterocycles. The Kier molecular flexibility index (Phi) is 7.57. The van der Waals surface area contributed by atoms with Crippen molar-refractivity contribution >= 4 is 44.9 Å². The third kappa shape index (κ3) is 5.05. The van der Waals surface area contributed by atoms with Crippen LogP contribution in [-0.4, -0.2) is 0 Å². The van der Waals surface area contributed by atoms with Crippen molar-refractivity contribution in [2.45, 2.75) is 40.5 Å². The van der Waals surface area contributed by atoms with Gasteiger partial charge in [0.1, 0.15) is 0 Å². The minimum absolute atomic E-state index is 0.994. The van der Waals surface area contributed by atoms with Crippen LogP contribution < -0.4 is 9.80 Å². The van der Waals surface area contributed by atoms with E-state index >= 15 is 0 Å². The van der Waals surface area contributed by atoms with Crippen LogP contribution in [0, 0.1) is 27.7 Å². The van der Waals surface area contributed by atoms with Crippen LogP contribution in [0.5, 0.6) is 0 Å². The van der Waals surface area contributed by atoms with Gasteiger partial charge in [-0.2, -0.15) is 0 Å². The lowest BCUT2D eigenvalue weighted by atomic mass is 9.81. The highest BCUT2D eigenvalue weighted by Crippen LogP contribution is 2.48. The molecule has 0 saturated heterocycles. The second kappa shape index (κ2) is 12.2. The number of nitrogens with zero attached hydrogens (tertiary/aromatic N) is 2. The van der Waals surface area contributed by atoms with Gasteiger partial charge in [-0.05, 0) is 133 Å². The van der Waals surface area contributed by atoms with E-state index in [2.05, 4.69) is 183 Å². The fourth-order valence-corrected chi connectivity index (χ4v) is 7.61. The van der Waals surface area contributed by atoms with Gasteiger partial charge in [-0.25, -0.2) is 0 Å². The van der Waals surface area contributed by atoms with Crippen LogP contribution in [0.3, 0.4) is 0 Å². The maximum atomic E-state index is 2.48. The lowest BCUT2D eigenvalue weighted by molar-refractivity contribution is 0.943. The van der Waals surface area contributed by atoms with E-state index in [9.17, 15) is 0 Å². The van der Waals surface area contributed by atoms with Crippen LogP contribution in [0.1, 0.15) is 33.4 Å². The van der Waals surface area contributed by atoms with Gasteiger partial charge in [0.25, 0.3) is 0 Å². The number of para-hydroxylation sites is 4. The van der Waals surface area contributed by atoms with E-state index in [0.717, 1.165) is 12.8 Å². The van der Waals surface area contributed by atoms with Gasteiger partial charge < -0.3 is 9.80 Å². The van der Waals surface area contributed by atoms with Crippen molar-refractivity contribution in [1.29, 1.82) is 0 Å². The molecule has 0 fully saturated rings. The summed E-state index contributed by atoms with van der Waals surface area (Å²) in [6.07, 6.45) is 1.99. The topological polar surface area (TPSA) is 6.48 Å². The Hall–Kier alpha value is -5.60. The highest BCUT2D eigenvalue weighted by molar-refractivity contribution is 6.08. The molecule has 0 radical (unpaired) electrons. The second-order valence-corrected chi connectivity index (χ2v) is 13.1. The van der Waals surface area contributed by atoms with E-state index in [-0.39, 0.29) is 0 Å². The van der Waals surface area contributed by atoms with Crippen LogP contribution in [0.4, 0.5) is 34.1 Å². The van der Waals surface area contributed by atoms with Gasteiger partial charge in [0.2, 0.25) is 0 Å². The molecule has 1 aliphatic rings. The average molecular weight is 621 g/mol. The number of fused-ring (bicyclic) bond motifs is 5. The molecule has 8 rings (SSSR count). The Morgan fingerprint density at radius 2 is 0.812 bits per heavy atom. The second-order valence-electron chi connectivity index (χ2n) is 13.1. The van der Waals surface area contributed by atoms with E-state index in [1.165, 1.54) is 89.4 Å². The van der Waals surface area contributed by atoms with Gasteiger partial charge in [0.15, 0.2) is 0 Å². The molecule has 2 heteroatoms. The fraction of sp³-hybridized carbons (Fsp3) is 0.130. The smallest absolute Gasteiger partial charge is 0.0543 e. The highest BCUT2D eigenvalue weighted by atomic mass is 15.2. The standard InChI is InChI=1S/C46H40N2/c1-31-15-5-11-21-41(31)47(42-22-12-6-16-32(42)2)37-27-28-38-35(29-37)25-26-36-30-45(39-19-9-10-20-40(39)46(36)38)48(43-23-13-7-17-33(43)3)44-24-14-8-18-34(44)4/h5-24,27-30H,25-26H2,1-4H3. The molecular formula is C46H40N2. The first-order valence-corrected chi connectivity index (χ1v) is 17.0. The molecule has 0 bridgehead atoms. The maximum Gasteiger partial charge on any atom is 0.0543 e. The summed E-state index contributed by atoms with van der Waals surface area (Å²) in [5.74, 6) is 0. The Balaban J connectivity index is 1.32. The Bertz CT molecular complexity index is 2220. The number of aryl methyl sites for hydroxylation is 6. The molecule has 1 aliphatic carbocycles. The molecule has 0 aromatic heterocycles. The zero-order chi connectivity index (χ0) is 32.8. The number of hydrogen-bond donors (Lipinski definition) is 0. The predicted molar refractivity (Wildman–Crippen MR) is 205 cm³/mol. The van der Waals surface area contributed by atoms with Gasteiger partial charge in [-0.1, -0.05) is 103 Å². The summed E-state index contributed by atoms with van der Waals surface area (Å²) in [6.45, 7) is 8.84. The zero-order valence-corrected chi connectivity index (χ0v) is 28.2. The van der Waals surface area contributed by atoms with Crippen molar-refractivity contribution in [1.82, 2.24) is 0 Å². The molecule has 234 valence electrons. The molecule has 0 saturated carbocycles. The molecule has 7 aromatic carbocycles. The van der Waals surface area contributed by atoms with Crippen LogP contribution in [0.15, 0.2) is 146 Å². The molecule has 0 atom stereocenters. The minimum Gasteiger partial charge on any atom is -0.310 e. The monoisotopic (exact) mass is 620 g/mol. The van der Waals surface area contributed by atoms with E-state index in [4.69, 9.17) is 0 Å². The largest absolute Gasteiger partial charge is 0.310 e. The maximum absolute atomic E-state index is 2.48. The summed E-state index contributed by atoms with van der Waals surface area (Å²) >= 11 is 0. The van der Waals surface area contributed by atoms with E-state index in [0.29, 0.717) is 0 Å². The minimum atomic E-state index is 0.994. The number of hydrogen-bond acceptors (Lipinski definition) is 2. The van der Waals surface area contributed by atoms with Gasteiger partial charge in [0.05, 0.1) is 5.69 Å². The lowest BCUT2D eigenvalue weighted by Crippen LogP contribution is -2.15. The van der Waals surface area contributed by atoms with Crippen molar-refractivity contribution in [3.63, 3.8) is 0 Å². The van der Waals surface area contributed by atoms with Crippen LogP contribution >= 0.6 is 0 Å². The molecule has 2 nitrogen and oxygen atoms in total. The van der Waals surface area contributed by atoms with E-state index < -0.39 is 0 Å². The fourth-order valence-electron chi connectivity index (χ4n) is 7.61. The Labute approximate surface area is 284 Å². The Morgan fingerprint density at radius 3 is 1.33 bits per heavy atom. The molecule has 0 heterocycles. The zero-order valence-electron chi connectivity index (χ0n) is 28.2. The van der Waals surface area contributed by atoms with Crippen molar-refractivity contribution < 1.29 is 0 Å². The molecule has 0 N–H and O–H groups in total. The van der Waals surface area contributed by atoms with E-state index in [1.54, 1.807) is 0 Å². The van der Waals surface area contributed by atoms with Gasteiger partial charge in [-0.15, -0.1) is 0 Å². The van der Waals surface area contributed by atoms with Gasteiger partial charge in [0, 0.05) is 33.8 Å². The highest BCUT2D eigenvalue weighted by Gasteiger charge is 2.26. The van der Waals surface area contributed by atoms with Gasteiger partial charge >= 0.3 is 0 Å².